The van der Waals surface area contributed by atoms with Gasteiger partial charge in [0.05, 0.1) is 19.2 Å². The van der Waals surface area contributed by atoms with Gasteiger partial charge in [-0.05, 0) is 24.6 Å². The molecule has 28 heavy (non-hydrogen) atoms. The highest BCUT2D eigenvalue weighted by Gasteiger charge is 2.22. The largest absolute Gasteiger partial charge is 0.465 e. The molecule has 0 atom stereocenters. The second-order valence-electron chi connectivity index (χ2n) is 6.78. The Hall–Kier alpha value is -1.93. The van der Waals surface area contributed by atoms with Gasteiger partial charge in [-0.1, -0.05) is 29.8 Å². The highest BCUT2D eigenvalue weighted by Crippen LogP contribution is 2.28. The van der Waals surface area contributed by atoms with Crippen LogP contribution >= 0.6 is 22.9 Å². The Bertz CT molecular complexity index is 847. The smallest absolute Gasteiger partial charge is 0.340 e. The average molecular weight is 422 g/mol. The number of methoxy groups -OCH3 is 1. The molecule has 0 radical (unpaired) electrons. The van der Waals surface area contributed by atoms with Crippen molar-refractivity contribution in [3.63, 3.8) is 0 Å². The molecule has 0 spiro atoms. The molecular formula is C20H24ClN3O3S. The quantitative estimate of drug-likeness (QED) is 0.725. The molecule has 1 aliphatic heterocycles. The summed E-state index contributed by atoms with van der Waals surface area (Å²) in [5, 5.41) is 4.20. The van der Waals surface area contributed by atoms with Gasteiger partial charge in [0.1, 0.15) is 5.00 Å². The van der Waals surface area contributed by atoms with Crippen LogP contribution in [0.1, 0.15) is 20.8 Å². The van der Waals surface area contributed by atoms with E-state index in [0.717, 1.165) is 48.2 Å². The molecule has 1 aromatic heterocycles. The second kappa shape index (κ2) is 9.52. The molecule has 150 valence electrons. The number of rotatable bonds is 6. The average Bonchev–Trinajstić information content (AvgIpc) is 3.04. The van der Waals surface area contributed by atoms with Crippen molar-refractivity contribution >= 4 is 39.8 Å². The number of carbonyl (C=O) groups is 2. The third kappa shape index (κ3) is 5.32. The number of aryl methyl sites for hydroxylation is 1. The number of esters is 1. The van der Waals surface area contributed by atoms with Crippen LogP contribution in [0, 0.1) is 6.92 Å². The van der Waals surface area contributed by atoms with E-state index in [4.69, 9.17) is 16.3 Å². The Morgan fingerprint density at radius 2 is 1.86 bits per heavy atom. The fourth-order valence-electron chi connectivity index (χ4n) is 3.21. The molecule has 6 nitrogen and oxygen atoms in total. The van der Waals surface area contributed by atoms with Gasteiger partial charge in [0.25, 0.3) is 0 Å². The van der Waals surface area contributed by atoms with Crippen LogP contribution in [0.2, 0.25) is 5.02 Å². The number of halogens is 1. The minimum absolute atomic E-state index is 0.119. The number of carbonyl (C=O) groups excluding carboxylic acids is 2. The molecule has 0 bridgehead atoms. The number of benzene rings is 1. The van der Waals surface area contributed by atoms with Gasteiger partial charge in [-0.2, -0.15) is 0 Å². The topological polar surface area (TPSA) is 61.9 Å². The van der Waals surface area contributed by atoms with Crippen molar-refractivity contribution in [1.82, 2.24) is 9.80 Å². The number of thiophene rings is 1. The van der Waals surface area contributed by atoms with Crippen LogP contribution in [0.5, 0.6) is 0 Å². The van der Waals surface area contributed by atoms with Crippen molar-refractivity contribution in [2.45, 2.75) is 13.5 Å². The van der Waals surface area contributed by atoms with Gasteiger partial charge >= 0.3 is 5.97 Å². The van der Waals surface area contributed by atoms with Crippen LogP contribution in [-0.2, 0) is 16.1 Å². The number of hydrogen-bond acceptors (Lipinski definition) is 6. The summed E-state index contributed by atoms with van der Waals surface area (Å²) in [7, 11) is 1.34. The molecule has 2 heterocycles. The van der Waals surface area contributed by atoms with Gasteiger partial charge in [0, 0.05) is 42.6 Å². The monoisotopic (exact) mass is 421 g/mol. The Kier molecular flexibility index (Phi) is 7.07. The lowest BCUT2D eigenvalue weighted by molar-refractivity contribution is -0.117. The molecule has 0 unspecified atom stereocenters. The number of nitrogens with zero attached hydrogens (tertiary/aromatic N) is 2. The molecule has 1 N–H and O–H groups in total. The van der Waals surface area contributed by atoms with Crippen molar-refractivity contribution in [1.29, 1.82) is 0 Å². The summed E-state index contributed by atoms with van der Waals surface area (Å²) < 4.78 is 4.78. The molecule has 1 amide bonds. The number of anilines is 1. The van der Waals surface area contributed by atoms with E-state index in [1.54, 1.807) is 6.07 Å². The van der Waals surface area contributed by atoms with Crippen molar-refractivity contribution in [3.8, 4) is 0 Å². The molecule has 1 saturated heterocycles. The lowest BCUT2D eigenvalue weighted by Gasteiger charge is -2.34. The minimum atomic E-state index is -0.437. The molecule has 8 heteroatoms. The number of hydrogen-bond donors (Lipinski definition) is 1. The van der Waals surface area contributed by atoms with Crippen LogP contribution in [0.4, 0.5) is 5.00 Å². The van der Waals surface area contributed by atoms with Gasteiger partial charge in [-0.3, -0.25) is 14.6 Å². The van der Waals surface area contributed by atoms with Crippen molar-refractivity contribution in [2.24, 2.45) is 0 Å². The SMILES string of the molecule is COC(=O)c1cc(C)sc1NC(=O)CN1CCN(Cc2ccccc2Cl)CC1. The third-order valence-corrected chi connectivity index (χ3v) is 6.03. The van der Waals surface area contributed by atoms with Crippen LogP contribution in [0.15, 0.2) is 30.3 Å². The van der Waals surface area contributed by atoms with E-state index in [1.165, 1.54) is 18.4 Å². The number of piperazine rings is 1. The molecule has 1 aromatic carbocycles. The number of amides is 1. The van der Waals surface area contributed by atoms with E-state index in [9.17, 15) is 9.59 Å². The maximum Gasteiger partial charge on any atom is 0.340 e. The summed E-state index contributed by atoms with van der Waals surface area (Å²) in [6.07, 6.45) is 0. The normalized spacial score (nSPS) is 15.4. The summed E-state index contributed by atoms with van der Waals surface area (Å²) in [5.74, 6) is -0.556. The van der Waals surface area contributed by atoms with Gasteiger partial charge in [-0.15, -0.1) is 11.3 Å². The molecule has 0 aliphatic carbocycles. The molecule has 1 fully saturated rings. The molecule has 1 aliphatic rings. The summed E-state index contributed by atoms with van der Waals surface area (Å²) in [5.41, 5.74) is 1.53. The predicted molar refractivity (Wildman–Crippen MR) is 112 cm³/mol. The second-order valence-corrected chi connectivity index (χ2v) is 8.45. The first-order valence-electron chi connectivity index (χ1n) is 9.13. The Morgan fingerprint density at radius 3 is 2.54 bits per heavy atom. The van der Waals surface area contributed by atoms with E-state index in [-0.39, 0.29) is 5.91 Å². The fourth-order valence-corrected chi connectivity index (χ4v) is 4.32. The van der Waals surface area contributed by atoms with Crippen LogP contribution in [0.3, 0.4) is 0 Å². The lowest BCUT2D eigenvalue weighted by atomic mass is 10.2. The molecule has 0 saturated carbocycles. The van der Waals surface area contributed by atoms with Crippen molar-refractivity contribution in [2.75, 3.05) is 45.2 Å². The van der Waals surface area contributed by atoms with E-state index < -0.39 is 5.97 Å². The highest BCUT2D eigenvalue weighted by atomic mass is 35.5. The standard InChI is InChI=1S/C20H24ClN3O3S/c1-14-11-16(20(26)27-2)19(28-14)22-18(25)13-24-9-7-23(8-10-24)12-15-5-3-4-6-17(15)21/h3-6,11H,7-10,12-13H2,1-2H3,(H,22,25). The molecule has 3 rings (SSSR count). The first kappa shape index (κ1) is 20.8. The third-order valence-electron chi connectivity index (χ3n) is 4.70. The zero-order valence-electron chi connectivity index (χ0n) is 16.0. The van der Waals surface area contributed by atoms with Crippen LogP contribution in [-0.4, -0.2) is 61.5 Å². The van der Waals surface area contributed by atoms with E-state index in [1.807, 2.05) is 31.2 Å². The first-order chi connectivity index (χ1) is 13.5. The Balaban J connectivity index is 1.49. The zero-order valence-corrected chi connectivity index (χ0v) is 17.6. The van der Waals surface area contributed by atoms with E-state index in [0.29, 0.717) is 17.1 Å². The van der Waals surface area contributed by atoms with Crippen LogP contribution in [0.25, 0.3) is 0 Å². The Labute approximate surface area is 174 Å². The summed E-state index contributed by atoms with van der Waals surface area (Å²) in [4.78, 5) is 29.7. The minimum Gasteiger partial charge on any atom is -0.465 e. The van der Waals surface area contributed by atoms with Gasteiger partial charge in [0.2, 0.25) is 5.91 Å². The number of nitrogens with one attached hydrogen (secondary N) is 1. The highest BCUT2D eigenvalue weighted by molar-refractivity contribution is 7.16. The summed E-state index contributed by atoms with van der Waals surface area (Å²) in [6, 6.07) is 9.62. The number of ether oxygens (including phenoxy) is 1. The Morgan fingerprint density at radius 1 is 1.18 bits per heavy atom. The molecule has 2 aromatic rings. The maximum atomic E-state index is 12.4. The summed E-state index contributed by atoms with van der Waals surface area (Å²) in [6.45, 7) is 6.39. The van der Waals surface area contributed by atoms with Crippen molar-refractivity contribution < 1.29 is 14.3 Å². The van der Waals surface area contributed by atoms with Crippen LogP contribution < -0.4 is 5.32 Å². The molecular weight excluding hydrogens is 398 g/mol. The lowest BCUT2D eigenvalue weighted by Crippen LogP contribution is -2.48. The van der Waals surface area contributed by atoms with Crippen molar-refractivity contribution in [3.05, 3.63) is 51.4 Å². The van der Waals surface area contributed by atoms with E-state index in [2.05, 4.69) is 15.1 Å². The fraction of sp³-hybridized carbons (Fsp3) is 0.400. The van der Waals surface area contributed by atoms with E-state index >= 15 is 0 Å². The zero-order chi connectivity index (χ0) is 20.1. The summed E-state index contributed by atoms with van der Waals surface area (Å²) >= 11 is 7.62. The van der Waals surface area contributed by atoms with Gasteiger partial charge < -0.3 is 10.1 Å². The predicted octanol–water partition coefficient (Wildman–Crippen LogP) is 3.25. The maximum absolute atomic E-state index is 12.4. The van der Waals surface area contributed by atoms with Gasteiger partial charge in [0.15, 0.2) is 0 Å². The first-order valence-corrected chi connectivity index (χ1v) is 10.3. The van der Waals surface area contributed by atoms with Gasteiger partial charge in [-0.25, -0.2) is 4.79 Å².